The molecule has 10 heterocycles. The average molecular weight is 1820 g/mol. The maximum atomic E-state index is 12.1. The van der Waals surface area contributed by atoms with Gasteiger partial charge in [0.05, 0.1) is 120 Å². The number of H-pyrrole nitrogens is 1. The number of aliphatic hydroxyl groups excluding tert-OH is 1. The molecular weight excluding hydrogens is 1740 g/mol. The van der Waals surface area contributed by atoms with Gasteiger partial charge >= 0.3 is 29.6 Å². The van der Waals surface area contributed by atoms with Crippen molar-refractivity contribution >= 4 is 150 Å². The number of nitrogens with two attached hydrogens (primary N) is 6. The van der Waals surface area contributed by atoms with Gasteiger partial charge in [-0.3, -0.25) is 68.4 Å². The van der Waals surface area contributed by atoms with Gasteiger partial charge in [0.25, 0.3) is 40.3 Å². The molecule has 644 valence electrons. The summed E-state index contributed by atoms with van der Waals surface area (Å²) >= 11 is 11.3. The molecule has 0 aliphatic carbocycles. The van der Waals surface area contributed by atoms with Gasteiger partial charge in [0, 0.05) is 135 Å². The fourth-order valence-corrected chi connectivity index (χ4v) is 10.5. The van der Waals surface area contributed by atoms with Crippen molar-refractivity contribution < 1.29 is 96.8 Å². The van der Waals surface area contributed by atoms with Gasteiger partial charge in [-0.25, -0.2) is 29.1 Å². The van der Waals surface area contributed by atoms with E-state index in [1.165, 1.54) is 69.6 Å². The van der Waals surface area contributed by atoms with Crippen molar-refractivity contribution in [2.24, 2.45) is 22.9 Å². The molecule has 10 aromatic heterocycles. The molecule has 0 fully saturated rings. The predicted molar refractivity (Wildman–Crippen MR) is 478 cm³/mol. The maximum Gasteiger partial charge on any atom is 1.00 e. The van der Waals surface area contributed by atoms with Crippen molar-refractivity contribution in [1.82, 2.24) is 64.8 Å². The average Bonchev–Trinajstić information content (AvgIpc) is 0.786. The van der Waals surface area contributed by atoms with Crippen molar-refractivity contribution in [2.45, 2.75) is 6.92 Å². The number of amides is 5. The number of hydrogen-bond acceptors (Lipinski definition) is 30. The SMILES string of the molecule is CCO.COc1ccc(N)c(C(N)=O)c1.COc1ccc(NC(=O)c2cccnc2)c(C(N)=O)c1.COc1ccc2nc(-c3cccnc3)[nH]c(=O)c2c1.COc1ccc2nc(-c3cccnc3)nc(Cl)c2c1.COc1ccc2nc(-c3cccnc3)nc(Nc3cnccc3C(N)=O)c2c1.NC(=O)c1ccncc1N.O=C(Cl)c1cccnc1.O=S(Cl)Cl.[Na+].[OH-]. The third kappa shape index (κ3) is 31.5. The number of hydrogen-bond donors (Lipinski definition) is 10. The van der Waals surface area contributed by atoms with E-state index >= 15 is 0 Å². The van der Waals surface area contributed by atoms with E-state index in [1.807, 2.05) is 66.7 Å². The molecule has 15 aromatic rings. The summed E-state index contributed by atoms with van der Waals surface area (Å²) in [5.74, 6) is 2.49. The van der Waals surface area contributed by atoms with Crippen LogP contribution in [0.15, 0.2) is 255 Å². The Morgan fingerprint density at radius 2 is 0.841 bits per heavy atom. The third-order valence-electron chi connectivity index (χ3n) is 16.0. The Balaban J connectivity index is 0.000000264. The number of carbonyl (C=O) groups excluding carboxylic acids is 6. The first-order chi connectivity index (χ1) is 59.6. The number of ether oxygens (including phenoxy) is 5. The zero-order valence-corrected chi connectivity index (χ0v) is 73.7. The van der Waals surface area contributed by atoms with E-state index in [4.69, 9.17) is 90.6 Å². The number of methoxy groups -OCH3 is 5. The van der Waals surface area contributed by atoms with E-state index in [2.05, 4.69) is 96.8 Å². The molecule has 0 atom stereocenters. The number of carbonyl (C=O) groups is 6. The zero-order valence-electron chi connectivity index (χ0n) is 67.8. The normalized spacial score (nSPS) is 9.81. The van der Waals surface area contributed by atoms with Crippen molar-refractivity contribution in [1.29, 1.82) is 0 Å². The Morgan fingerprint density at radius 1 is 0.444 bits per heavy atom. The van der Waals surface area contributed by atoms with Gasteiger partial charge in [0.2, 0.25) is 9.23 Å². The van der Waals surface area contributed by atoms with Gasteiger partial charge < -0.3 is 84.3 Å². The number of aromatic amines is 1. The number of halogens is 4. The summed E-state index contributed by atoms with van der Waals surface area (Å²) in [6, 6.07) is 46.3. The molecule has 36 nitrogen and oxygen atoms in total. The smallest absolute Gasteiger partial charge is 0.870 e. The van der Waals surface area contributed by atoms with E-state index in [1.54, 1.807) is 157 Å². The zero-order chi connectivity index (χ0) is 90.2. The van der Waals surface area contributed by atoms with Gasteiger partial charge in [-0.2, -0.15) is 0 Å². The molecule has 0 saturated heterocycles. The van der Waals surface area contributed by atoms with Crippen LogP contribution in [0.5, 0.6) is 28.7 Å². The first-order valence-electron chi connectivity index (χ1n) is 35.7. The number of aromatic nitrogens is 13. The first kappa shape index (κ1) is 102. The van der Waals surface area contributed by atoms with Crippen molar-refractivity contribution in [3.8, 4) is 62.9 Å². The number of anilines is 5. The van der Waals surface area contributed by atoms with Gasteiger partial charge in [-0.15, -0.1) is 0 Å². The molecule has 0 unspecified atom stereocenters. The summed E-state index contributed by atoms with van der Waals surface area (Å²) < 4.78 is 34.6. The number of rotatable bonds is 17. The van der Waals surface area contributed by atoms with E-state index < -0.39 is 38.1 Å². The Morgan fingerprint density at radius 3 is 1.29 bits per heavy atom. The molecule has 0 spiro atoms. The molecule has 0 aliphatic rings. The van der Waals surface area contributed by atoms with Gasteiger partial charge in [0.1, 0.15) is 45.5 Å². The number of pyridine rings is 7. The summed E-state index contributed by atoms with van der Waals surface area (Å²) in [5.41, 5.74) is 39.3. The number of nitrogens with zero attached hydrogens (tertiary/aromatic N) is 12. The van der Waals surface area contributed by atoms with Crippen LogP contribution in [0.1, 0.15) is 69.1 Å². The topological polar surface area (TPSA) is 584 Å². The second kappa shape index (κ2) is 52.8. The van der Waals surface area contributed by atoms with Gasteiger partial charge in [-0.05, 0) is 182 Å². The Kier molecular flexibility index (Phi) is 42.8. The monoisotopic (exact) mass is 1820 g/mol. The van der Waals surface area contributed by atoms with Crippen LogP contribution < -0.4 is 104 Å². The standard InChI is InChI=1S/C20H16N6O2.C14H10ClN3O.C14H13N3O3.C14H11N3O2.C8H10N2O2.C6H4ClNO.C6H7N3O.C2H6O.Cl2OS.Na.H2O/c1-28-13-4-5-16-15(9-13)20(25-17-11-23-8-6-14(17)18(21)27)26-19(24-16)12-3-2-7-22-10-12;1-19-10-4-5-12-11(7-10)13(15)18-14(17-12)9-3-2-6-16-8-9;1-20-10-4-5-12(11(7-10)13(15)18)17-14(19)9-3-2-6-16-8-9;1-19-10-4-5-12-11(7-10)14(18)17-13(16-12)9-3-2-6-15-8-9;1-12-5-2-3-7(9)6(4-5)8(10)11;7-6(9)5-2-1-3-8-4-5;7-5-3-9-2-1-4(5)6(8)10;1-2-3;1-4(2)3;;/h2-11H,1H3,(H2,21,27)(H,24,25,26);2-8H,1H3;2-8H,1H3,(H2,15,18)(H,17,19);2-8H,1H3,(H,16,17,18);2-4H,9H2,1H3,(H2,10,11);1-4H;1-3H,7H2,(H2,8,10);3H,2H2,1H3;;;1H2/q;;;;;;;;;+1;/p-1. The van der Waals surface area contributed by atoms with Gasteiger partial charge in [0.15, 0.2) is 11.6 Å². The molecule has 0 radical (unpaired) electrons. The van der Waals surface area contributed by atoms with Crippen LogP contribution in [0.2, 0.25) is 5.15 Å². The fourth-order valence-electron chi connectivity index (χ4n) is 10.1. The second-order valence-corrected chi connectivity index (χ2v) is 27.3. The van der Waals surface area contributed by atoms with E-state index in [0.29, 0.717) is 113 Å². The summed E-state index contributed by atoms with van der Waals surface area (Å²) in [4.78, 5) is 132. The van der Waals surface area contributed by atoms with Gasteiger partial charge in [-0.1, -0.05) is 11.6 Å². The molecule has 5 aromatic carbocycles. The van der Waals surface area contributed by atoms with Crippen LogP contribution in [0.25, 0.3) is 66.9 Å². The molecule has 5 amide bonds. The molecule has 0 aliphatic heterocycles. The number of benzene rings is 5. The number of aliphatic hydroxyl groups is 1. The molecule has 0 saturated carbocycles. The van der Waals surface area contributed by atoms with Crippen molar-refractivity contribution in [3.05, 3.63) is 299 Å². The van der Waals surface area contributed by atoms with Crippen LogP contribution in [0.4, 0.5) is 28.6 Å². The van der Waals surface area contributed by atoms with Crippen LogP contribution in [-0.2, 0) is 9.23 Å². The first-order valence-corrected chi connectivity index (χ1v) is 39.2. The summed E-state index contributed by atoms with van der Waals surface area (Å²) in [5, 5.41) is 15.3. The number of nitrogens with one attached hydrogen (secondary N) is 3. The van der Waals surface area contributed by atoms with E-state index in [0.717, 1.165) is 38.7 Å². The molecule has 0 bridgehead atoms. The third-order valence-corrected chi connectivity index (χ3v) is 16.5. The molecule has 126 heavy (non-hydrogen) atoms. The molecular formula is C84H78Cl4N21NaO15S. The minimum atomic E-state index is -1.67. The molecule has 15 rings (SSSR count). The Hall–Kier alpha value is -14.4. The second-order valence-electron chi connectivity index (χ2n) is 24.1. The van der Waals surface area contributed by atoms with Crippen LogP contribution in [-0.4, -0.2) is 157 Å². The van der Waals surface area contributed by atoms with Crippen LogP contribution in [0, 0.1) is 0 Å². The quantitative estimate of drug-likeness (QED) is 0.0176. The Bertz CT molecular complexity index is 6230. The minimum absolute atomic E-state index is 0. The summed E-state index contributed by atoms with van der Waals surface area (Å²) in [7, 11) is 15.1. The molecule has 17 N–H and O–H groups in total. The predicted octanol–water partition coefficient (Wildman–Crippen LogP) is 9.19. The summed E-state index contributed by atoms with van der Waals surface area (Å²) in [6.07, 6.45) is 22.0. The minimum Gasteiger partial charge on any atom is -0.870 e. The van der Waals surface area contributed by atoms with E-state index in [9.17, 15) is 33.6 Å². The van der Waals surface area contributed by atoms with Crippen molar-refractivity contribution in [3.63, 3.8) is 0 Å². The van der Waals surface area contributed by atoms with E-state index in [-0.39, 0.29) is 64.2 Å². The van der Waals surface area contributed by atoms with Crippen molar-refractivity contribution in [2.75, 3.05) is 64.3 Å². The fraction of sp³-hybridized carbons (Fsp3) is 0.0833. The number of nitrogen functional groups attached to an aromatic ring is 2. The number of primary amides is 4. The van der Waals surface area contributed by atoms with Crippen LogP contribution >= 0.6 is 44.6 Å². The Labute approximate surface area is 762 Å². The summed E-state index contributed by atoms with van der Waals surface area (Å²) in [6.45, 7) is 1.93. The maximum absolute atomic E-state index is 12.1. The number of fused-ring (bicyclic) bond motifs is 3. The largest absolute Gasteiger partial charge is 1.00 e. The molecule has 42 heteroatoms. The van der Waals surface area contributed by atoms with Crippen LogP contribution in [0.3, 0.4) is 0 Å².